The number of ether oxygens (including phenoxy) is 2. The molecule has 1 amide bonds. The lowest BCUT2D eigenvalue weighted by molar-refractivity contribution is -0.140. The van der Waals surface area contributed by atoms with Gasteiger partial charge in [-0.2, -0.15) is 0 Å². The summed E-state index contributed by atoms with van der Waals surface area (Å²) < 4.78 is 11.6. The fourth-order valence-corrected chi connectivity index (χ4v) is 3.85. The van der Waals surface area contributed by atoms with Crippen molar-refractivity contribution < 1.29 is 24.2 Å². The predicted molar refractivity (Wildman–Crippen MR) is 122 cm³/mol. The monoisotopic (exact) mass is 487 g/mol. The molecule has 2 aromatic carbocycles. The molecule has 7 heteroatoms. The van der Waals surface area contributed by atoms with Gasteiger partial charge in [-0.25, -0.2) is 0 Å². The molecule has 1 N–H and O–H groups in total. The van der Waals surface area contributed by atoms with E-state index in [4.69, 9.17) is 9.47 Å². The maximum atomic E-state index is 13.0. The van der Waals surface area contributed by atoms with E-state index in [0.717, 1.165) is 16.5 Å². The van der Waals surface area contributed by atoms with Crippen LogP contribution in [0.25, 0.3) is 5.76 Å². The number of likely N-dealkylation sites (tertiary alicyclic amines) is 1. The van der Waals surface area contributed by atoms with Crippen LogP contribution in [0.3, 0.4) is 0 Å². The van der Waals surface area contributed by atoms with Gasteiger partial charge in [-0.1, -0.05) is 47.1 Å². The first-order chi connectivity index (χ1) is 15.0. The lowest BCUT2D eigenvalue weighted by Crippen LogP contribution is -2.31. The SMILES string of the molecule is CCCOc1cccc(/C(O)=C2\C(=O)C(=O)N(CCCOC)C2c2ccc(Br)cc2)c1. The first-order valence-corrected chi connectivity index (χ1v) is 11.0. The Hall–Kier alpha value is -2.64. The van der Waals surface area contributed by atoms with Gasteiger partial charge < -0.3 is 19.5 Å². The molecule has 1 aliphatic rings. The highest BCUT2D eigenvalue weighted by atomic mass is 79.9. The normalized spacial score (nSPS) is 17.9. The largest absolute Gasteiger partial charge is 0.507 e. The highest BCUT2D eigenvalue weighted by molar-refractivity contribution is 9.10. The molecule has 3 rings (SSSR count). The molecule has 164 valence electrons. The number of hydrogen-bond acceptors (Lipinski definition) is 5. The maximum Gasteiger partial charge on any atom is 0.295 e. The summed E-state index contributed by atoms with van der Waals surface area (Å²) in [7, 11) is 1.59. The Bertz CT molecular complexity index is 970. The van der Waals surface area contributed by atoms with Gasteiger partial charge in [0.25, 0.3) is 11.7 Å². The van der Waals surface area contributed by atoms with E-state index in [1.54, 1.807) is 31.4 Å². The molecule has 0 saturated carbocycles. The summed E-state index contributed by atoms with van der Waals surface area (Å²) in [5.74, 6) is -0.922. The van der Waals surface area contributed by atoms with Crippen molar-refractivity contribution in [2.24, 2.45) is 0 Å². The number of Topliss-reactive ketones (excluding diaryl/α,β-unsaturated/α-hetero) is 1. The zero-order valence-electron chi connectivity index (χ0n) is 17.6. The summed E-state index contributed by atoms with van der Waals surface area (Å²) in [5, 5.41) is 11.1. The van der Waals surface area contributed by atoms with E-state index in [9.17, 15) is 14.7 Å². The summed E-state index contributed by atoms with van der Waals surface area (Å²) in [6.45, 7) is 3.36. The predicted octanol–water partition coefficient (Wildman–Crippen LogP) is 4.70. The molecule has 31 heavy (non-hydrogen) atoms. The first-order valence-electron chi connectivity index (χ1n) is 10.2. The topological polar surface area (TPSA) is 76.1 Å². The number of hydrogen-bond donors (Lipinski definition) is 1. The van der Waals surface area contributed by atoms with Crippen LogP contribution in [0.2, 0.25) is 0 Å². The van der Waals surface area contributed by atoms with Crippen LogP contribution in [0.4, 0.5) is 0 Å². The number of methoxy groups -OCH3 is 1. The van der Waals surface area contributed by atoms with Crippen LogP contribution in [0.15, 0.2) is 58.6 Å². The van der Waals surface area contributed by atoms with Crippen LogP contribution in [0, 0.1) is 0 Å². The van der Waals surface area contributed by atoms with Crippen molar-refractivity contribution in [1.29, 1.82) is 0 Å². The van der Waals surface area contributed by atoms with Gasteiger partial charge in [-0.05, 0) is 42.7 Å². The maximum absolute atomic E-state index is 13.0. The highest BCUT2D eigenvalue weighted by Gasteiger charge is 2.45. The number of rotatable bonds is 9. The number of ketones is 1. The quantitative estimate of drug-likeness (QED) is 0.240. The van der Waals surface area contributed by atoms with Crippen molar-refractivity contribution in [3.63, 3.8) is 0 Å². The second-order valence-corrected chi connectivity index (χ2v) is 8.18. The van der Waals surface area contributed by atoms with Crippen molar-refractivity contribution in [3.8, 4) is 5.75 Å². The minimum atomic E-state index is -0.692. The smallest absolute Gasteiger partial charge is 0.295 e. The standard InChI is InChI=1S/C24H26BrNO5/c1-3-13-31-19-7-4-6-17(15-19)22(27)20-21(16-8-10-18(25)11-9-16)26(12-5-14-30-2)24(29)23(20)28/h4,6-11,15,21,27H,3,5,12-14H2,1-2H3/b22-20+. The molecular weight excluding hydrogens is 462 g/mol. The molecule has 0 aromatic heterocycles. The van der Waals surface area contributed by atoms with Crippen molar-refractivity contribution >= 4 is 33.4 Å². The van der Waals surface area contributed by atoms with Crippen molar-refractivity contribution in [1.82, 2.24) is 4.90 Å². The Labute approximate surface area is 190 Å². The van der Waals surface area contributed by atoms with Crippen LogP contribution in [0.5, 0.6) is 5.75 Å². The number of carbonyl (C=O) groups excluding carboxylic acids is 2. The molecule has 0 bridgehead atoms. The lowest BCUT2D eigenvalue weighted by atomic mass is 9.95. The number of halogens is 1. The lowest BCUT2D eigenvalue weighted by Gasteiger charge is -2.25. The first kappa shape index (κ1) is 23.0. The second-order valence-electron chi connectivity index (χ2n) is 7.27. The summed E-state index contributed by atoms with van der Waals surface area (Å²) in [6, 6.07) is 13.6. The van der Waals surface area contributed by atoms with Crippen LogP contribution >= 0.6 is 15.9 Å². The third kappa shape index (κ3) is 5.17. The van der Waals surface area contributed by atoms with Crippen molar-refractivity contribution in [2.45, 2.75) is 25.8 Å². The number of aliphatic hydroxyl groups is 1. The van der Waals surface area contributed by atoms with E-state index in [2.05, 4.69) is 15.9 Å². The molecule has 1 atom stereocenters. The third-order valence-electron chi connectivity index (χ3n) is 5.05. The van der Waals surface area contributed by atoms with Crippen LogP contribution in [-0.4, -0.2) is 48.6 Å². The Morgan fingerprint density at radius 1 is 1.13 bits per heavy atom. The third-order valence-corrected chi connectivity index (χ3v) is 5.58. The summed E-state index contributed by atoms with van der Waals surface area (Å²) in [6.07, 6.45) is 1.43. The molecule has 0 radical (unpaired) electrons. The van der Waals surface area contributed by atoms with Gasteiger partial charge in [0.2, 0.25) is 0 Å². The molecule has 1 fully saturated rings. The van der Waals surface area contributed by atoms with E-state index < -0.39 is 17.7 Å². The fraction of sp³-hybridized carbons (Fsp3) is 0.333. The van der Waals surface area contributed by atoms with Crippen molar-refractivity contribution in [2.75, 3.05) is 26.9 Å². The average Bonchev–Trinajstić information content (AvgIpc) is 3.03. The van der Waals surface area contributed by atoms with Crippen molar-refractivity contribution in [3.05, 3.63) is 69.7 Å². The Morgan fingerprint density at radius 3 is 2.55 bits per heavy atom. The van der Waals surface area contributed by atoms with Gasteiger partial charge in [-0.3, -0.25) is 9.59 Å². The Morgan fingerprint density at radius 2 is 1.87 bits per heavy atom. The molecule has 1 unspecified atom stereocenters. The van der Waals surface area contributed by atoms with Crippen LogP contribution < -0.4 is 4.74 Å². The van der Waals surface area contributed by atoms with Gasteiger partial charge in [0.15, 0.2) is 0 Å². The summed E-state index contributed by atoms with van der Waals surface area (Å²) in [4.78, 5) is 27.4. The highest BCUT2D eigenvalue weighted by Crippen LogP contribution is 2.40. The van der Waals surface area contributed by atoms with Gasteiger partial charge in [-0.15, -0.1) is 0 Å². The molecule has 1 heterocycles. The van der Waals surface area contributed by atoms with E-state index >= 15 is 0 Å². The average molecular weight is 488 g/mol. The minimum absolute atomic E-state index is 0.0809. The molecule has 1 aliphatic heterocycles. The number of amides is 1. The number of benzene rings is 2. The Balaban J connectivity index is 2.07. The molecule has 6 nitrogen and oxygen atoms in total. The Kier molecular flexibility index (Phi) is 7.87. The number of nitrogens with zero attached hydrogens (tertiary/aromatic N) is 1. The van der Waals surface area contributed by atoms with Crippen LogP contribution in [-0.2, 0) is 14.3 Å². The number of carbonyl (C=O) groups is 2. The molecule has 0 aliphatic carbocycles. The van der Waals surface area contributed by atoms with Crippen LogP contribution in [0.1, 0.15) is 36.9 Å². The molecule has 0 spiro atoms. The van der Waals surface area contributed by atoms with E-state index in [-0.39, 0.29) is 11.3 Å². The van der Waals surface area contributed by atoms with Gasteiger partial charge in [0.1, 0.15) is 11.5 Å². The molecular formula is C24H26BrNO5. The van der Waals surface area contributed by atoms with E-state index in [1.807, 2.05) is 31.2 Å². The van der Waals surface area contributed by atoms with Gasteiger partial charge in [0.05, 0.1) is 18.2 Å². The van der Waals surface area contributed by atoms with Gasteiger partial charge >= 0.3 is 0 Å². The molecule has 2 aromatic rings. The fourth-order valence-electron chi connectivity index (χ4n) is 3.59. The number of aliphatic hydroxyl groups excluding tert-OH is 1. The zero-order chi connectivity index (χ0) is 22.4. The van der Waals surface area contributed by atoms with E-state index in [0.29, 0.717) is 37.5 Å². The van der Waals surface area contributed by atoms with E-state index in [1.165, 1.54) is 4.90 Å². The summed E-state index contributed by atoms with van der Waals surface area (Å²) >= 11 is 3.41. The minimum Gasteiger partial charge on any atom is -0.507 e. The summed E-state index contributed by atoms with van der Waals surface area (Å²) in [5.41, 5.74) is 1.27. The zero-order valence-corrected chi connectivity index (χ0v) is 19.2. The second kappa shape index (κ2) is 10.6. The van der Waals surface area contributed by atoms with Gasteiger partial charge in [0, 0.05) is 30.3 Å². The molecule has 1 saturated heterocycles.